The fourth-order valence-corrected chi connectivity index (χ4v) is 2.62. The van der Waals surface area contributed by atoms with Crippen molar-refractivity contribution in [1.82, 2.24) is 5.16 Å². The Bertz CT molecular complexity index is 726. The second-order valence-electron chi connectivity index (χ2n) is 5.30. The minimum atomic E-state index is 0.711. The van der Waals surface area contributed by atoms with E-state index >= 15 is 0 Å². The predicted octanol–water partition coefficient (Wildman–Crippen LogP) is 4.89. The van der Waals surface area contributed by atoms with E-state index in [1.807, 2.05) is 36.4 Å². The molecule has 1 aliphatic carbocycles. The molecule has 0 radical (unpaired) electrons. The Morgan fingerprint density at radius 1 is 0.900 bits per heavy atom. The van der Waals surface area contributed by atoms with Crippen LogP contribution >= 0.6 is 0 Å². The molecule has 0 N–H and O–H groups in total. The highest BCUT2D eigenvalue weighted by Crippen LogP contribution is 2.44. The van der Waals surface area contributed by atoms with Gasteiger partial charge in [0.1, 0.15) is 5.69 Å². The molecule has 0 amide bonds. The molecule has 1 aliphatic rings. The summed E-state index contributed by atoms with van der Waals surface area (Å²) < 4.78 is 5.51. The topological polar surface area (TPSA) is 26.0 Å². The smallest absolute Gasteiger partial charge is 0.167 e. The van der Waals surface area contributed by atoms with E-state index < -0.39 is 0 Å². The van der Waals surface area contributed by atoms with Crippen LogP contribution in [0.15, 0.2) is 65.2 Å². The maximum atomic E-state index is 5.51. The maximum absolute atomic E-state index is 5.51. The average Bonchev–Trinajstić information content (AvgIpc) is 3.25. The van der Waals surface area contributed by atoms with E-state index in [0.717, 1.165) is 17.0 Å². The van der Waals surface area contributed by atoms with Crippen LogP contribution in [-0.4, -0.2) is 5.16 Å². The minimum absolute atomic E-state index is 0.711. The van der Waals surface area contributed by atoms with E-state index in [9.17, 15) is 0 Å². The van der Waals surface area contributed by atoms with Gasteiger partial charge in [0, 0.05) is 17.2 Å². The first-order valence-corrected chi connectivity index (χ1v) is 7.03. The van der Waals surface area contributed by atoms with Crippen molar-refractivity contribution in [3.05, 3.63) is 66.2 Å². The van der Waals surface area contributed by atoms with Gasteiger partial charge in [-0.3, -0.25) is 0 Å². The van der Waals surface area contributed by atoms with E-state index in [4.69, 9.17) is 4.52 Å². The lowest BCUT2D eigenvalue weighted by Crippen LogP contribution is -1.86. The van der Waals surface area contributed by atoms with Crippen LogP contribution in [0.3, 0.4) is 0 Å². The Labute approximate surface area is 118 Å². The molecule has 2 aromatic carbocycles. The van der Waals surface area contributed by atoms with E-state index in [0.29, 0.717) is 5.92 Å². The molecule has 4 rings (SSSR count). The minimum Gasteiger partial charge on any atom is -0.356 e. The van der Waals surface area contributed by atoms with Gasteiger partial charge in [0.25, 0.3) is 0 Å². The van der Waals surface area contributed by atoms with Crippen LogP contribution in [-0.2, 0) is 0 Å². The van der Waals surface area contributed by atoms with E-state index in [1.165, 1.54) is 24.0 Å². The summed E-state index contributed by atoms with van der Waals surface area (Å²) in [6.07, 6.45) is 2.58. The van der Waals surface area contributed by atoms with Gasteiger partial charge in [-0.2, -0.15) is 0 Å². The van der Waals surface area contributed by atoms with Crippen LogP contribution < -0.4 is 0 Å². The molecule has 98 valence electrons. The molecule has 0 spiro atoms. The molecule has 0 saturated heterocycles. The Balaban J connectivity index is 1.75. The van der Waals surface area contributed by atoms with Crippen molar-refractivity contribution in [2.24, 2.45) is 0 Å². The average molecular weight is 261 g/mol. The Hall–Kier alpha value is -2.35. The normalized spacial score (nSPS) is 14.4. The zero-order valence-electron chi connectivity index (χ0n) is 11.1. The summed E-state index contributed by atoms with van der Waals surface area (Å²) in [6.45, 7) is 0. The third-order valence-corrected chi connectivity index (χ3v) is 3.82. The quantitative estimate of drug-likeness (QED) is 0.671. The van der Waals surface area contributed by atoms with Gasteiger partial charge in [-0.15, -0.1) is 0 Å². The van der Waals surface area contributed by atoms with Gasteiger partial charge in [-0.25, -0.2) is 0 Å². The molecule has 3 aromatic rings. The molecule has 20 heavy (non-hydrogen) atoms. The highest BCUT2D eigenvalue weighted by atomic mass is 16.5. The highest BCUT2D eigenvalue weighted by Gasteiger charge is 2.26. The summed E-state index contributed by atoms with van der Waals surface area (Å²) in [7, 11) is 0. The van der Waals surface area contributed by atoms with Crippen molar-refractivity contribution in [2.75, 3.05) is 0 Å². The molecule has 1 aromatic heterocycles. The van der Waals surface area contributed by atoms with Crippen LogP contribution in [0.1, 0.15) is 24.3 Å². The van der Waals surface area contributed by atoms with Crippen LogP contribution in [0.4, 0.5) is 0 Å². The number of benzene rings is 2. The van der Waals surface area contributed by atoms with Gasteiger partial charge in [0.05, 0.1) is 0 Å². The highest BCUT2D eigenvalue weighted by molar-refractivity contribution is 5.69. The van der Waals surface area contributed by atoms with Gasteiger partial charge in [0.2, 0.25) is 0 Å². The summed E-state index contributed by atoms with van der Waals surface area (Å²) >= 11 is 0. The molecule has 0 atom stereocenters. The summed E-state index contributed by atoms with van der Waals surface area (Å²) in [5.41, 5.74) is 4.61. The monoisotopic (exact) mass is 261 g/mol. The zero-order valence-corrected chi connectivity index (χ0v) is 11.1. The molecular weight excluding hydrogens is 246 g/mol. The summed E-state index contributed by atoms with van der Waals surface area (Å²) in [4.78, 5) is 0. The van der Waals surface area contributed by atoms with Gasteiger partial charge >= 0.3 is 0 Å². The second kappa shape index (κ2) is 4.64. The van der Waals surface area contributed by atoms with Crippen LogP contribution in [0.25, 0.3) is 22.6 Å². The molecule has 2 nitrogen and oxygen atoms in total. The number of hydrogen-bond acceptors (Lipinski definition) is 2. The summed E-state index contributed by atoms with van der Waals surface area (Å²) in [6, 6.07) is 20.7. The van der Waals surface area contributed by atoms with Crippen molar-refractivity contribution < 1.29 is 4.52 Å². The van der Waals surface area contributed by atoms with Crippen molar-refractivity contribution in [2.45, 2.75) is 18.8 Å². The lowest BCUT2D eigenvalue weighted by molar-refractivity contribution is 0.435. The number of aromatic nitrogens is 1. The molecule has 2 heteroatoms. The fourth-order valence-electron chi connectivity index (χ4n) is 2.62. The molecule has 1 heterocycles. The van der Waals surface area contributed by atoms with Gasteiger partial charge in [0.15, 0.2) is 5.76 Å². The molecule has 1 saturated carbocycles. The molecule has 1 fully saturated rings. The van der Waals surface area contributed by atoms with Gasteiger partial charge < -0.3 is 4.52 Å². The first-order chi connectivity index (χ1) is 9.92. The molecule has 0 aliphatic heterocycles. The maximum Gasteiger partial charge on any atom is 0.167 e. The SMILES string of the molecule is c1ccc(-c2cc(-c3ccccc3C3CC3)no2)cc1. The van der Waals surface area contributed by atoms with E-state index in [1.54, 1.807) is 0 Å². The van der Waals surface area contributed by atoms with E-state index in [-0.39, 0.29) is 0 Å². The Morgan fingerprint density at radius 3 is 2.45 bits per heavy atom. The van der Waals surface area contributed by atoms with Crippen molar-refractivity contribution in [3.63, 3.8) is 0 Å². The lowest BCUT2D eigenvalue weighted by atomic mass is 10.0. The van der Waals surface area contributed by atoms with Gasteiger partial charge in [-0.1, -0.05) is 59.8 Å². The van der Waals surface area contributed by atoms with Crippen molar-refractivity contribution in [1.29, 1.82) is 0 Å². The van der Waals surface area contributed by atoms with E-state index in [2.05, 4.69) is 29.4 Å². The molecule has 0 unspecified atom stereocenters. The fraction of sp³-hybridized carbons (Fsp3) is 0.167. The third-order valence-electron chi connectivity index (χ3n) is 3.82. The lowest BCUT2D eigenvalue weighted by Gasteiger charge is -2.04. The number of nitrogens with zero attached hydrogens (tertiary/aromatic N) is 1. The second-order valence-corrected chi connectivity index (χ2v) is 5.30. The summed E-state index contributed by atoms with van der Waals surface area (Å²) in [5, 5.41) is 4.26. The summed E-state index contributed by atoms with van der Waals surface area (Å²) in [5.74, 6) is 1.54. The Kier molecular flexibility index (Phi) is 2.66. The standard InChI is InChI=1S/C18H15NO/c1-2-6-14(7-3-1)18-12-17(19-20-18)16-9-5-4-8-15(16)13-10-11-13/h1-9,12-13H,10-11H2. The third kappa shape index (κ3) is 2.03. The predicted molar refractivity (Wildman–Crippen MR) is 79.4 cm³/mol. The first kappa shape index (κ1) is 11.5. The van der Waals surface area contributed by atoms with Crippen LogP contribution in [0, 0.1) is 0 Å². The Morgan fingerprint density at radius 2 is 1.65 bits per heavy atom. The zero-order chi connectivity index (χ0) is 13.4. The van der Waals surface area contributed by atoms with Crippen molar-refractivity contribution in [3.8, 4) is 22.6 Å². The molecule has 0 bridgehead atoms. The largest absolute Gasteiger partial charge is 0.356 e. The number of rotatable bonds is 3. The van der Waals surface area contributed by atoms with Crippen LogP contribution in [0.5, 0.6) is 0 Å². The van der Waals surface area contributed by atoms with Gasteiger partial charge in [-0.05, 0) is 24.3 Å². The van der Waals surface area contributed by atoms with Crippen molar-refractivity contribution >= 4 is 0 Å². The van der Waals surface area contributed by atoms with Crippen LogP contribution in [0.2, 0.25) is 0 Å². The number of hydrogen-bond donors (Lipinski definition) is 0. The first-order valence-electron chi connectivity index (χ1n) is 7.03. The molecular formula is C18H15NO.